The molecule has 1 aliphatic rings. The Bertz CT molecular complexity index is 461. The van der Waals surface area contributed by atoms with Gasteiger partial charge < -0.3 is 15.4 Å². The molecule has 2 N–H and O–H groups in total. The van der Waals surface area contributed by atoms with E-state index in [0.717, 1.165) is 23.3 Å². The van der Waals surface area contributed by atoms with Crippen molar-refractivity contribution in [1.82, 2.24) is 9.80 Å². The molecule has 2 rings (SSSR count). The van der Waals surface area contributed by atoms with E-state index in [0.29, 0.717) is 12.6 Å². The van der Waals surface area contributed by atoms with Crippen molar-refractivity contribution in [3.63, 3.8) is 0 Å². The first kappa shape index (κ1) is 16.7. The minimum atomic E-state index is 0.211. The smallest absolute Gasteiger partial charge is 0.119 e. The first-order valence-corrected chi connectivity index (χ1v) is 8.30. The molecule has 1 aromatic rings. The van der Waals surface area contributed by atoms with Gasteiger partial charge in [-0.05, 0) is 63.8 Å². The molecule has 1 saturated heterocycles. The molecule has 1 aromatic carbocycles. The highest BCUT2D eigenvalue weighted by Crippen LogP contribution is 2.32. The van der Waals surface area contributed by atoms with Crippen molar-refractivity contribution in [1.29, 1.82) is 0 Å². The summed E-state index contributed by atoms with van der Waals surface area (Å²) in [7, 11) is 6.08. The van der Waals surface area contributed by atoms with E-state index < -0.39 is 0 Å². The fourth-order valence-corrected chi connectivity index (χ4v) is 3.58. The molecule has 1 unspecified atom stereocenters. The van der Waals surface area contributed by atoms with Crippen LogP contribution >= 0.6 is 15.9 Å². The summed E-state index contributed by atoms with van der Waals surface area (Å²) < 4.78 is 6.45. The molecule has 0 saturated carbocycles. The summed E-state index contributed by atoms with van der Waals surface area (Å²) >= 11 is 3.66. The molecule has 4 nitrogen and oxygen atoms in total. The molecule has 0 amide bonds. The van der Waals surface area contributed by atoms with Gasteiger partial charge in [-0.15, -0.1) is 0 Å². The molecule has 21 heavy (non-hydrogen) atoms. The molecule has 118 valence electrons. The molecular formula is C16H26BrN3O. The number of methoxy groups -OCH3 is 1. The lowest BCUT2D eigenvalue weighted by molar-refractivity contribution is 0.109. The van der Waals surface area contributed by atoms with Crippen LogP contribution in [0.4, 0.5) is 0 Å². The Hall–Kier alpha value is -0.620. The highest BCUT2D eigenvalue weighted by atomic mass is 79.9. The Labute approximate surface area is 136 Å². The van der Waals surface area contributed by atoms with Gasteiger partial charge in [0.05, 0.1) is 7.11 Å². The van der Waals surface area contributed by atoms with Crippen molar-refractivity contribution in [2.75, 3.05) is 40.8 Å². The second-order valence-corrected chi connectivity index (χ2v) is 6.69. The number of ether oxygens (including phenoxy) is 1. The predicted molar refractivity (Wildman–Crippen MR) is 90.8 cm³/mol. The van der Waals surface area contributed by atoms with E-state index in [1.165, 1.54) is 18.4 Å². The zero-order valence-corrected chi connectivity index (χ0v) is 14.8. The summed E-state index contributed by atoms with van der Waals surface area (Å²) in [5.74, 6) is 0.878. The Kier molecular flexibility index (Phi) is 6.05. The van der Waals surface area contributed by atoms with Gasteiger partial charge in [0.25, 0.3) is 0 Å². The van der Waals surface area contributed by atoms with Crippen LogP contribution in [0, 0.1) is 0 Å². The first-order chi connectivity index (χ1) is 10.1. The monoisotopic (exact) mass is 355 g/mol. The Morgan fingerprint density at radius 3 is 2.67 bits per heavy atom. The van der Waals surface area contributed by atoms with Crippen molar-refractivity contribution in [2.45, 2.75) is 24.9 Å². The van der Waals surface area contributed by atoms with E-state index in [1.54, 1.807) is 7.11 Å². The molecule has 0 spiro atoms. The molecule has 5 heteroatoms. The average Bonchev–Trinajstić information content (AvgIpc) is 2.50. The second kappa shape index (κ2) is 7.58. The van der Waals surface area contributed by atoms with Crippen LogP contribution in [0.1, 0.15) is 24.4 Å². The lowest BCUT2D eigenvalue weighted by atomic mass is 9.98. The highest BCUT2D eigenvalue weighted by molar-refractivity contribution is 9.10. The normalized spacial score (nSPS) is 19.0. The van der Waals surface area contributed by atoms with Gasteiger partial charge in [0, 0.05) is 23.1 Å². The van der Waals surface area contributed by atoms with Crippen molar-refractivity contribution < 1.29 is 4.74 Å². The zero-order chi connectivity index (χ0) is 15.4. The SMILES string of the molecule is COc1ccc(Br)c(C(CN)N(C)C2CCN(C)CC2)c1. The van der Waals surface area contributed by atoms with Crippen LogP contribution in [0.3, 0.4) is 0 Å². The van der Waals surface area contributed by atoms with Gasteiger partial charge in [0.1, 0.15) is 5.75 Å². The molecule has 0 aliphatic carbocycles. The number of piperidine rings is 1. The van der Waals surface area contributed by atoms with Gasteiger partial charge in [-0.2, -0.15) is 0 Å². The number of nitrogens with two attached hydrogens (primary N) is 1. The van der Waals surface area contributed by atoms with Crippen molar-refractivity contribution >= 4 is 15.9 Å². The maximum absolute atomic E-state index is 6.09. The molecule has 1 heterocycles. The molecule has 1 fully saturated rings. The van der Waals surface area contributed by atoms with Crippen LogP contribution in [-0.4, -0.2) is 56.7 Å². The first-order valence-electron chi connectivity index (χ1n) is 7.50. The Balaban J connectivity index is 2.18. The summed E-state index contributed by atoms with van der Waals surface area (Å²) in [6.07, 6.45) is 2.40. The van der Waals surface area contributed by atoms with E-state index in [-0.39, 0.29) is 6.04 Å². The minimum Gasteiger partial charge on any atom is -0.497 e. The minimum absolute atomic E-state index is 0.211. The predicted octanol–water partition coefficient (Wildman–Crippen LogP) is 2.48. The van der Waals surface area contributed by atoms with Gasteiger partial charge >= 0.3 is 0 Å². The molecule has 0 aromatic heterocycles. The van der Waals surface area contributed by atoms with Crippen LogP contribution in [0.15, 0.2) is 22.7 Å². The van der Waals surface area contributed by atoms with Gasteiger partial charge in [-0.25, -0.2) is 0 Å². The van der Waals surface area contributed by atoms with Crippen LogP contribution in [0.5, 0.6) is 5.75 Å². The van der Waals surface area contributed by atoms with Crippen LogP contribution in [0.2, 0.25) is 0 Å². The van der Waals surface area contributed by atoms with Crippen molar-refractivity contribution in [3.05, 3.63) is 28.2 Å². The van der Waals surface area contributed by atoms with E-state index in [9.17, 15) is 0 Å². The number of halogens is 1. The van der Waals surface area contributed by atoms with E-state index >= 15 is 0 Å². The molecular weight excluding hydrogens is 330 g/mol. The van der Waals surface area contributed by atoms with Crippen molar-refractivity contribution in [3.8, 4) is 5.75 Å². The third-order valence-corrected chi connectivity index (χ3v) is 5.26. The fraction of sp³-hybridized carbons (Fsp3) is 0.625. The van der Waals surface area contributed by atoms with E-state index in [1.807, 2.05) is 12.1 Å². The van der Waals surface area contributed by atoms with Gasteiger partial charge in [0.15, 0.2) is 0 Å². The van der Waals surface area contributed by atoms with Crippen LogP contribution in [-0.2, 0) is 0 Å². The molecule has 0 bridgehead atoms. The number of likely N-dealkylation sites (tertiary alicyclic amines) is 1. The summed E-state index contributed by atoms with van der Waals surface area (Å²) in [5.41, 5.74) is 7.29. The second-order valence-electron chi connectivity index (χ2n) is 5.84. The largest absolute Gasteiger partial charge is 0.497 e. The molecule has 1 aliphatic heterocycles. The fourth-order valence-electron chi connectivity index (χ4n) is 3.07. The molecule has 0 radical (unpaired) electrons. The number of hydrogen-bond acceptors (Lipinski definition) is 4. The number of benzene rings is 1. The summed E-state index contributed by atoms with van der Waals surface area (Å²) in [6, 6.07) is 6.90. The van der Waals surface area contributed by atoms with Crippen LogP contribution in [0.25, 0.3) is 0 Å². The number of hydrogen-bond donors (Lipinski definition) is 1. The highest BCUT2D eigenvalue weighted by Gasteiger charge is 2.27. The summed E-state index contributed by atoms with van der Waals surface area (Å²) in [5, 5.41) is 0. The lowest BCUT2D eigenvalue weighted by Crippen LogP contribution is -2.45. The number of likely N-dealkylation sites (N-methyl/N-ethyl adjacent to an activating group) is 1. The van der Waals surface area contributed by atoms with E-state index in [4.69, 9.17) is 10.5 Å². The van der Waals surface area contributed by atoms with Gasteiger partial charge in [-0.1, -0.05) is 15.9 Å². The summed E-state index contributed by atoms with van der Waals surface area (Å²) in [4.78, 5) is 4.83. The summed E-state index contributed by atoms with van der Waals surface area (Å²) in [6.45, 7) is 2.92. The number of nitrogens with zero attached hydrogens (tertiary/aromatic N) is 2. The lowest BCUT2D eigenvalue weighted by Gasteiger charge is -2.39. The zero-order valence-electron chi connectivity index (χ0n) is 13.2. The Morgan fingerprint density at radius 1 is 1.43 bits per heavy atom. The topological polar surface area (TPSA) is 41.7 Å². The average molecular weight is 356 g/mol. The van der Waals surface area contributed by atoms with Gasteiger partial charge in [0.2, 0.25) is 0 Å². The Morgan fingerprint density at radius 2 is 2.10 bits per heavy atom. The third-order valence-electron chi connectivity index (χ3n) is 4.54. The van der Waals surface area contributed by atoms with Gasteiger partial charge in [-0.3, -0.25) is 4.90 Å². The molecule has 1 atom stereocenters. The maximum Gasteiger partial charge on any atom is 0.119 e. The third kappa shape index (κ3) is 3.97. The quantitative estimate of drug-likeness (QED) is 0.880. The number of rotatable bonds is 5. The van der Waals surface area contributed by atoms with Crippen molar-refractivity contribution in [2.24, 2.45) is 5.73 Å². The van der Waals surface area contributed by atoms with Crippen LogP contribution < -0.4 is 10.5 Å². The van der Waals surface area contributed by atoms with E-state index in [2.05, 4.69) is 45.9 Å². The standard InChI is InChI=1S/C16H26BrN3O/c1-19-8-6-12(7-9-19)20(2)16(11-18)14-10-13(21-3)4-5-15(14)17/h4-5,10,12,16H,6-9,11,18H2,1-3H3. The maximum atomic E-state index is 6.09.